The molecule has 1 nitrogen and oxygen atoms in total. The van der Waals surface area contributed by atoms with Crippen LogP contribution in [0, 0.1) is 0 Å². The van der Waals surface area contributed by atoms with Gasteiger partial charge in [0.05, 0.1) is 5.52 Å². The smallest absolute Gasteiger partial charge is 0.0581 e. The third kappa shape index (κ3) is 1.60. The third-order valence-corrected chi connectivity index (χ3v) is 5.76. The first kappa shape index (κ1) is 13.9. The molecule has 0 aliphatic carbocycles. The highest BCUT2D eigenvalue weighted by molar-refractivity contribution is 6.35. The van der Waals surface area contributed by atoms with E-state index < -0.39 is 0 Å². The predicted molar refractivity (Wildman–Crippen MR) is 113 cm³/mol. The van der Waals surface area contributed by atoms with Gasteiger partial charge in [0.2, 0.25) is 0 Å². The molecule has 0 aliphatic heterocycles. The van der Waals surface area contributed by atoms with Gasteiger partial charge in [0.25, 0.3) is 0 Å². The maximum Gasteiger partial charge on any atom is 0.0581 e. The van der Waals surface area contributed by atoms with Gasteiger partial charge in [-0.15, -0.1) is 0 Å². The Hall–Kier alpha value is -3.32. The molecule has 1 aromatic heterocycles. The number of aromatic nitrogens is 1. The molecule has 0 radical (unpaired) electrons. The van der Waals surface area contributed by atoms with Crippen molar-refractivity contribution in [3.63, 3.8) is 0 Å². The minimum Gasteiger partial charge on any atom is -0.343 e. The van der Waals surface area contributed by atoms with Crippen LogP contribution < -0.4 is 0 Å². The lowest BCUT2D eigenvalue weighted by Crippen LogP contribution is -1.90. The number of hydrogen-bond acceptors (Lipinski definition) is 0. The van der Waals surface area contributed by atoms with Crippen molar-refractivity contribution in [2.45, 2.75) is 0 Å². The molecule has 26 heavy (non-hydrogen) atoms. The Kier molecular flexibility index (Phi) is 2.60. The normalized spacial score (nSPS) is 12.0. The van der Waals surface area contributed by atoms with Gasteiger partial charge in [0.1, 0.15) is 0 Å². The van der Waals surface area contributed by atoms with Gasteiger partial charge in [-0.3, -0.25) is 0 Å². The van der Waals surface area contributed by atoms with Crippen LogP contribution >= 0.6 is 0 Å². The van der Waals surface area contributed by atoms with Gasteiger partial charge >= 0.3 is 0 Å². The molecule has 0 bridgehead atoms. The van der Waals surface area contributed by atoms with Gasteiger partial charge in [-0.1, -0.05) is 78.9 Å². The Balaban J connectivity index is 2.11. The molecule has 0 saturated carbocycles. The number of nitrogens with zero attached hydrogens (tertiary/aromatic N) is 1. The number of aryl methyl sites for hydroxylation is 1. The van der Waals surface area contributed by atoms with Crippen LogP contribution in [-0.4, -0.2) is 4.57 Å². The average molecular weight is 331 g/mol. The second-order valence-corrected chi connectivity index (χ2v) is 7.05. The van der Waals surface area contributed by atoms with Gasteiger partial charge in [-0.25, -0.2) is 0 Å². The van der Waals surface area contributed by atoms with E-state index in [-0.39, 0.29) is 0 Å². The summed E-state index contributed by atoms with van der Waals surface area (Å²) in [7, 11) is 2.20. The number of hydrogen-bond donors (Lipinski definition) is 0. The zero-order valence-electron chi connectivity index (χ0n) is 14.5. The second kappa shape index (κ2) is 4.86. The van der Waals surface area contributed by atoms with Crippen LogP contribution in [0.5, 0.6) is 0 Å². The molecule has 0 amide bonds. The SMILES string of the molecule is Cn1c2ccccc2c2c3ccccc3c3ccc4ccccc4c3c21. The highest BCUT2D eigenvalue weighted by Gasteiger charge is 2.17. The molecule has 0 unspecified atom stereocenters. The Morgan fingerprint density at radius 1 is 0.500 bits per heavy atom. The fourth-order valence-electron chi connectivity index (χ4n) is 4.65. The Morgan fingerprint density at radius 2 is 1.08 bits per heavy atom. The number of para-hydroxylation sites is 1. The molecule has 0 fully saturated rings. The summed E-state index contributed by atoms with van der Waals surface area (Å²) < 4.78 is 2.37. The molecule has 0 saturated heterocycles. The molecule has 6 rings (SSSR count). The highest BCUT2D eigenvalue weighted by atomic mass is 14.9. The first-order valence-corrected chi connectivity index (χ1v) is 9.04. The molecule has 5 aromatic carbocycles. The van der Waals surface area contributed by atoms with E-state index >= 15 is 0 Å². The Bertz CT molecular complexity index is 1480. The molecule has 0 N–H and O–H groups in total. The fourth-order valence-corrected chi connectivity index (χ4v) is 4.65. The van der Waals surface area contributed by atoms with Crippen molar-refractivity contribution in [3.05, 3.63) is 84.9 Å². The standard InChI is InChI=1S/C25H17N/c1-26-22-13-7-6-12-21(22)24-19-11-5-4-10-18(19)20-15-14-16-8-2-3-9-17(16)23(20)25(24)26/h2-15H,1H3. The van der Waals surface area contributed by atoms with Crippen molar-refractivity contribution >= 4 is 54.1 Å². The maximum atomic E-state index is 2.37. The third-order valence-electron chi connectivity index (χ3n) is 5.76. The lowest BCUT2D eigenvalue weighted by atomic mass is 9.93. The van der Waals surface area contributed by atoms with Crippen molar-refractivity contribution in [2.24, 2.45) is 7.05 Å². The van der Waals surface area contributed by atoms with Crippen LogP contribution in [0.25, 0.3) is 54.1 Å². The summed E-state index contributed by atoms with van der Waals surface area (Å²) in [5.41, 5.74) is 2.62. The van der Waals surface area contributed by atoms with Gasteiger partial charge in [-0.05, 0) is 33.0 Å². The maximum absolute atomic E-state index is 2.37. The number of benzene rings is 5. The van der Waals surface area contributed by atoms with E-state index in [0.717, 1.165) is 0 Å². The number of rotatable bonds is 0. The van der Waals surface area contributed by atoms with Crippen molar-refractivity contribution in [1.82, 2.24) is 4.57 Å². The van der Waals surface area contributed by atoms with E-state index in [1.54, 1.807) is 0 Å². The molecule has 122 valence electrons. The summed E-state index contributed by atoms with van der Waals surface area (Å²) in [5, 5.41) is 10.7. The van der Waals surface area contributed by atoms with Crippen molar-refractivity contribution in [2.75, 3.05) is 0 Å². The first-order chi connectivity index (χ1) is 12.8. The van der Waals surface area contributed by atoms with Crippen molar-refractivity contribution in [1.29, 1.82) is 0 Å². The van der Waals surface area contributed by atoms with Crippen molar-refractivity contribution < 1.29 is 0 Å². The molecule has 6 aromatic rings. The van der Waals surface area contributed by atoms with E-state index in [2.05, 4.69) is 96.5 Å². The minimum absolute atomic E-state index is 1.29. The largest absolute Gasteiger partial charge is 0.343 e. The monoisotopic (exact) mass is 331 g/mol. The summed E-state index contributed by atoms with van der Waals surface area (Å²) in [6.07, 6.45) is 0. The fraction of sp³-hybridized carbons (Fsp3) is 0.0400. The minimum atomic E-state index is 1.29. The molecule has 0 spiro atoms. The quantitative estimate of drug-likeness (QED) is 0.270. The lowest BCUT2D eigenvalue weighted by molar-refractivity contribution is 1.02. The average Bonchev–Trinajstić information content (AvgIpc) is 3.01. The van der Waals surface area contributed by atoms with Crippen LogP contribution in [0.1, 0.15) is 0 Å². The van der Waals surface area contributed by atoms with Gasteiger partial charge in [-0.2, -0.15) is 0 Å². The van der Waals surface area contributed by atoms with Crippen LogP contribution in [0.15, 0.2) is 84.9 Å². The van der Waals surface area contributed by atoms with E-state index in [0.29, 0.717) is 0 Å². The highest BCUT2D eigenvalue weighted by Crippen LogP contribution is 2.42. The predicted octanol–water partition coefficient (Wildman–Crippen LogP) is 6.79. The molecule has 0 atom stereocenters. The van der Waals surface area contributed by atoms with Gasteiger partial charge < -0.3 is 4.57 Å². The lowest BCUT2D eigenvalue weighted by Gasteiger charge is -2.12. The van der Waals surface area contributed by atoms with Gasteiger partial charge in [0, 0.05) is 28.7 Å². The molecule has 1 heteroatoms. The molecular formula is C25H17N. The molecular weight excluding hydrogens is 314 g/mol. The summed E-state index contributed by atoms with van der Waals surface area (Å²) in [6, 6.07) is 30.8. The van der Waals surface area contributed by atoms with E-state index in [1.807, 2.05) is 0 Å². The Labute approximate surface area is 151 Å². The van der Waals surface area contributed by atoms with E-state index in [4.69, 9.17) is 0 Å². The topological polar surface area (TPSA) is 4.93 Å². The Morgan fingerprint density at radius 3 is 1.92 bits per heavy atom. The van der Waals surface area contributed by atoms with Crippen LogP contribution in [-0.2, 0) is 7.05 Å². The second-order valence-electron chi connectivity index (χ2n) is 7.05. The van der Waals surface area contributed by atoms with E-state index in [1.165, 1.54) is 54.1 Å². The first-order valence-electron chi connectivity index (χ1n) is 9.04. The van der Waals surface area contributed by atoms with Crippen molar-refractivity contribution in [3.8, 4) is 0 Å². The number of fused-ring (bicyclic) bond motifs is 10. The van der Waals surface area contributed by atoms with Crippen LogP contribution in [0.4, 0.5) is 0 Å². The summed E-state index contributed by atoms with van der Waals surface area (Å²) in [4.78, 5) is 0. The van der Waals surface area contributed by atoms with Crippen LogP contribution in [0.2, 0.25) is 0 Å². The zero-order valence-corrected chi connectivity index (χ0v) is 14.5. The van der Waals surface area contributed by atoms with Gasteiger partial charge in [0.15, 0.2) is 0 Å². The van der Waals surface area contributed by atoms with Crippen LogP contribution in [0.3, 0.4) is 0 Å². The molecule has 0 aliphatic rings. The summed E-state index contributed by atoms with van der Waals surface area (Å²) in [5.74, 6) is 0. The molecule has 1 heterocycles. The zero-order chi connectivity index (χ0) is 17.3. The van der Waals surface area contributed by atoms with E-state index in [9.17, 15) is 0 Å². The summed E-state index contributed by atoms with van der Waals surface area (Å²) >= 11 is 0. The summed E-state index contributed by atoms with van der Waals surface area (Å²) in [6.45, 7) is 0.